The Balaban J connectivity index is 1.12. The van der Waals surface area contributed by atoms with Gasteiger partial charge in [0.15, 0.2) is 0 Å². The van der Waals surface area contributed by atoms with E-state index >= 15 is 0 Å². The molecular formula is C31H38N8O2. The first kappa shape index (κ1) is 26.0. The monoisotopic (exact) mass is 554 g/mol. The summed E-state index contributed by atoms with van der Waals surface area (Å²) in [5.41, 5.74) is 2.71. The second kappa shape index (κ2) is 10.8. The highest BCUT2D eigenvalue weighted by atomic mass is 16.5. The number of benzene rings is 1. The molecule has 10 nitrogen and oxygen atoms in total. The van der Waals surface area contributed by atoms with Crippen LogP contribution in [0.2, 0.25) is 0 Å². The molecule has 2 saturated heterocycles. The number of anilines is 4. The predicted molar refractivity (Wildman–Crippen MR) is 159 cm³/mol. The number of carbonyl (C=O) groups is 1. The number of hydrogen-bond acceptors (Lipinski definition) is 9. The average molecular weight is 555 g/mol. The van der Waals surface area contributed by atoms with Crippen LogP contribution in [0.1, 0.15) is 43.2 Å². The van der Waals surface area contributed by atoms with E-state index in [1.165, 1.54) is 12.8 Å². The van der Waals surface area contributed by atoms with Gasteiger partial charge in [-0.3, -0.25) is 4.79 Å². The minimum absolute atomic E-state index is 0.206. The molecule has 1 aliphatic carbocycles. The lowest BCUT2D eigenvalue weighted by Crippen LogP contribution is -2.56. The van der Waals surface area contributed by atoms with Gasteiger partial charge in [-0.05, 0) is 49.1 Å². The predicted octanol–water partition coefficient (Wildman–Crippen LogP) is 3.51. The number of ether oxygens (including phenoxy) is 1. The lowest BCUT2D eigenvalue weighted by atomic mass is 9.91. The van der Waals surface area contributed by atoms with Crippen LogP contribution in [0.3, 0.4) is 0 Å². The largest absolute Gasteiger partial charge is 0.497 e. The molecule has 214 valence electrons. The molecule has 1 unspecified atom stereocenters. The number of piperazine rings is 1. The maximum Gasteiger partial charge on any atom is 0.249 e. The van der Waals surface area contributed by atoms with Gasteiger partial charge in [0.1, 0.15) is 22.9 Å². The molecule has 3 fully saturated rings. The number of hydrogen-bond donors (Lipinski definition) is 2. The van der Waals surface area contributed by atoms with Crippen molar-refractivity contribution in [2.24, 2.45) is 0 Å². The molecule has 1 spiro atoms. The molecule has 3 aliphatic heterocycles. The quantitative estimate of drug-likeness (QED) is 0.455. The van der Waals surface area contributed by atoms with Crippen LogP contribution in [-0.2, 0) is 17.8 Å². The van der Waals surface area contributed by atoms with E-state index in [2.05, 4.69) is 36.5 Å². The molecule has 4 aliphatic rings. The Morgan fingerprint density at radius 3 is 2.56 bits per heavy atom. The van der Waals surface area contributed by atoms with Crippen LogP contribution in [0.25, 0.3) is 0 Å². The maximum atomic E-state index is 14.2. The summed E-state index contributed by atoms with van der Waals surface area (Å²) < 4.78 is 5.31. The normalized spacial score (nSPS) is 22.6. The van der Waals surface area contributed by atoms with Crippen molar-refractivity contribution in [3.63, 3.8) is 0 Å². The average Bonchev–Trinajstić information content (AvgIpc) is 3.73. The first-order chi connectivity index (χ1) is 20.1. The second-order valence-corrected chi connectivity index (χ2v) is 11.6. The Labute approximate surface area is 241 Å². The molecule has 1 saturated carbocycles. The molecule has 0 bridgehead atoms. The van der Waals surface area contributed by atoms with Gasteiger partial charge < -0.3 is 30.1 Å². The fraction of sp³-hybridized carbons (Fsp3) is 0.484. The van der Waals surface area contributed by atoms with E-state index in [1.807, 2.05) is 47.6 Å². The fourth-order valence-electron chi connectivity index (χ4n) is 7.08. The van der Waals surface area contributed by atoms with Gasteiger partial charge in [-0.2, -0.15) is 4.98 Å². The number of carbonyl (C=O) groups excluding carboxylic acids is 1. The Bertz CT molecular complexity index is 1390. The van der Waals surface area contributed by atoms with Gasteiger partial charge in [0.05, 0.1) is 19.0 Å². The zero-order valence-electron chi connectivity index (χ0n) is 23.7. The van der Waals surface area contributed by atoms with E-state index < -0.39 is 5.54 Å². The molecule has 3 aromatic rings. The van der Waals surface area contributed by atoms with Crippen LogP contribution in [0, 0.1) is 0 Å². The Hall–Kier alpha value is -3.92. The van der Waals surface area contributed by atoms with Crippen molar-refractivity contribution < 1.29 is 9.53 Å². The standard InChI is InChI=1S/C31H38N8O2/c1-41-26-9-6-22(7-10-26)21-38-15-12-31(29(38)40)18-23-19-34-30(36-28(23)39(31)24-4-2-3-5-24)35-27-11-8-25(20-33-27)37-16-13-32-14-17-37/h6-11,19-20,24,32H,2-5,12-18,21H2,1H3,(H,33,34,35,36). The number of aromatic nitrogens is 3. The summed E-state index contributed by atoms with van der Waals surface area (Å²) in [6.45, 7) is 5.29. The molecule has 1 atom stereocenters. The van der Waals surface area contributed by atoms with E-state index in [0.717, 1.165) is 80.4 Å². The van der Waals surface area contributed by atoms with Crippen molar-refractivity contribution in [3.8, 4) is 5.75 Å². The van der Waals surface area contributed by atoms with E-state index in [9.17, 15) is 4.79 Å². The smallest absolute Gasteiger partial charge is 0.249 e. The van der Waals surface area contributed by atoms with Gasteiger partial charge in [-0.25, -0.2) is 9.97 Å². The third-order valence-electron chi connectivity index (χ3n) is 9.19. The van der Waals surface area contributed by atoms with E-state index in [0.29, 0.717) is 30.8 Å². The maximum absolute atomic E-state index is 14.2. The van der Waals surface area contributed by atoms with Crippen LogP contribution >= 0.6 is 0 Å². The summed E-state index contributed by atoms with van der Waals surface area (Å²) in [7, 11) is 1.67. The number of amides is 1. The first-order valence-corrected chi connectivity index (χ1v) is 14.9. The molecule has 5 heterocycles. The van der Waals surface area contributed by atoms with Crippen LogP contribution in [0.15, 0.2) is 48.8 Å². The van der Waals surface area contributed by atoms with Gasteiger partial charge in [-0.1, -0.05) is 25.0 Å². The van der Waals surface area contributed by atoms with Gasteiger partial charge in [0.2, 0.25) is 11.9 Å². The minimum atomic E-state index is -0.583. The van der Waals surface area contributed by atoms with Crippen LogP contribution < -0.4 is 25.2 Å². The Morgan fingerprint density at radius 1 is 1.02 bits per heavy atom. The highest BCUT2D eigenvalue weighted by molar-refractivity contribution is 5.94. The Kier molecular flexibility index (Phi) is 6.86. The van der Waals surface area contributed by atoms with Crippen molar-refractivity contribution in [1.82, 2.24) is 25.2 Å². The molecular weight excluding hydrogens is 516 g/mol. The third kappa shape index (κ3) is 4.84. The fourth-order valence-corrected chi connectivity index (χ4v) is 7.08. The molecule has 0 radical (unpaired) electrons. The number of methoxy groups -OCH3 is 1. The molecule has 7 rings (SSSR count). The topological polar surface area (TPSA) is 98.8 Å². The van der Waals surface area contributed by atoms with Crippen molar-refractivity contribution in [2.75, 3.05) is 55.0 Å². The number of fused-ring (bicyclic) bond motifs is 1. The second-order valence-electron chi connectivity index (χ2n) is 11.6. The SMILES string of the molecule is COc1ccc(CN2CCC3(Cc4cnc(Nc5ccc(N6CCNCC6)cn5)nc4N3C3CCCC3)C2=O)cc1. The summed E-state index contributed by atoms with van der Waals surface area (Å²) in [5.74, 6) is 3.17. The molecule has 2 aromatic heterocycles. The van der Waals surface area contributed by atoms with Crippen LogP contribution in [0.4, 0.5) is 23.3 Å². The zero-order valence-corrected chi connectivity index (χ0v) is 23.7. The van der Waals surface area contributed by atoms with Crippen molar-refractivity contribution in [3.05, 3.63) is 59.9 Å². The highest BCUT2D eigenvalue weighted by Gasteiger charge is 2.57. The van der Waals surface area contributed by atoms with Crippen LogP contribution in [0.5, 0.6) is 5.75 Å². The number of nitrogens with zero attached hydrogens (tertiary/aromatic N) is 6. The summed E-state index contributed by atoms with van der Waals surface area (Å²) in [6, 6.07) is 12.4. The van der Waals surface area contributed by atoms with E-state index in [1.54, 1.807) is 7.11 Å². The summed E-state index contributed by atoms with van der Waals surface area (Å²) in [4.78, 5) is 35.3. The third-order valence-corrected chi connectivity index (χ3v) is 9.19. The number of pyridine rings is 1. The van der Waals surface area contributed by atoms with Crippen LogP contribution in [-0.4, -0.2) is 77.2 Å². The van der Waals surface area contributed by atoms with E-state index in [4.69, 9.17) is 9.72 Å². The lowest BCUT2D eigenvalue weighted by Gasteiger charge is -2.39. The van der Waals surface area contributed by atoms with Gasteiger partial charge >= 0.3 is 0 Å². The van der Waals surface area contributed by atoms with Crippen molar-refractivity contribution >= 4 is 29.2 Å². The summed E-state index contributed by atoms with van der Waals surface area (Å²) in [6.07, 6.45) is 9.85. The summed E-state index contributed by atoms with van der Waals surface area (Å²) in [5, 5.41) is 6.71. The molecule has 10 heteroatoms. The Morgan fingerprint density at radius 2 is 1.83 bits per heavy atom. The molecule has 1 amide bonds. The lowest BCUT2D eigenvalue weighted by molar-refractivity contribution is -0.132. The molecule has 41 heavy (non-hydrogen) atoms. The van der Waals surface area contributed by atoms with E-state index in [-0.39, 0.29) is 5.91 Å². The van der Waals surface area contributed by atoms with Crippen molar-refractivity contribution in [1.29, 1.82) is 0 Å². The van der Waals surface area contributed by atoms with Crippen molar-refractivity contribution in [2.45, 2.75) is 56.7 Å². The van der Waals surface area contributed by atoms with Gasteiger partial charge in [-0.15, -0.1) is 0 Å². The number of rotatable bonds is 7. The van der Waals surface area contributed by atoms with Gasteiger partial charge in [0, 0.05) is 63.5 Å². The zero-order chi connectivity index (χ0) is 27.8. The number of nitrogens with one attached hydrogen (secondary N) is 2. The van der Waals surface area contributed by atoms with Gasteiger partial charge in [0.25, 0.3) is 0 Å². The molecule has 1 aromatic carbocycles. The molecule has 2 N–H and O–H groups in total. The highest BCUT2D eigenvalue weighted by Crippen LogP contribution is 2.48. The summed E-state index contributed by atoms with van der Waals surface area (Å²) >= 11 is 0. The number of likely N-dealkylation sites (tertiary alicyclic amines) is 1. The minimum Gasteiger partial charge on any atom is -0.497 e. The first-order valence-electron chi connectivity index (χ1n) is 14.9.